The van der Waals surface area contributed by atoms with E-state index in [-0.39, 0.29) is 5.91 Å². The number of amides is 1. The Morgan fingerprint density at radius 1 is 1.23 bits per heavy atom. The van der Waals surface area contributed by atoms with Crippen LogP contribution in [0.1, 0.15) is 28.8 Å². The molecule has 22 heavy (non-hydrogen) atoms. The van der Waals surface area contributed by atoms with Crippen LogP contribution in [0.15, 0.2) is 42.7 Å². The van der Waals surface area contributed by atoms with Crippen LogP contribution >= 0.6 is 0 Å². The van der Waals surface area contributed by atoms with Crippen molar-refractivity contribution in [1.82, 2.24) is 4.98 Å². The van der Waals surface area contributed by atoms with E-state index >= 15 is 0 Å². The lowest BCUT2D eigenvalue weighted by molar-refractivity contribution is 0.102. The molecule has 5 nitrogen and oxygen atoms in total. The molecule has 2 aromatic rings. The number of benzene rings is 1. The van der Waals surface area contributed by atoms with Gasteiger partial charge >= 0.3 is 0 Å². The highest BCUT2D eigenvalue weighted by Gasteiger charge is 2.15. The largest absolute Gasteiger partial charge is 0.370 e. The standard InChI is InChI=1S/C17H16N4O/c18-10-13-5-1-2-6-16(13)20-17(22)14-9-15(12-19-11-14)21-7-3-4-8-21/h1-2,5-6,9,11-12H,3-4,7-8H2,(H,20,22). The van der Waals surface area contributed by atoms with E-state index in [4.69, 9.17) is 5.26 Å². The van der Waals surface area contributed by atoms with Crippen molar-refractivity contribution < 1.29 is 4.79 Å². The topological polar surface area (TPSA) is 69.0 Å². The van der Waals surface area contributed by atoms with Gasteiger partial charge in [0, 0.05) is 19.3 Å². The molecule has 1 N–H and O–H groups in total. The smallest absolute Gasteiger partial charge is 0.257 e. The van der Waals surface area contributed by atoms with E-state index in [2.05, 4.69) is 21.3 Å². The molecular weight excluding hydrogens is 276 g/mol. The van der Waals surface area contributed by atoms with Gasteiger partial charge in [0.2, 0.25) is 0 Å². The summed E-state index contributed by atoms with van der Waals surface area (Å²) in [6.45, 7) is 2.01. The number of rotatable bonds is 3. The Morgan fingerprint density at radius 2 is 2.00 bits per heavy atom. The molecule has 3 rings (SSSR count). The molecule has 110 valence electrons. The van der Waals surface area contributed by atoms with Crippen molar-refractivity contribution in [2.75, 3.05) is 23.3 Å². The van der Waals surface area contributed by atoms with Crippen molar-refractivity contribution in [1.29, 1.82) is 5.26 Å². The Morgan fingerprint density at radius 3 is 2.77 bits per heavy atom. The molecule has 0 saturated carbocycles. The summed E-state index contributed by atoms with van der Waals surface area (Å²) in [5, 5.41) is 11.8. The average Bonchev–Trinajstić information content (AvgIpc) is 3.10. The monoisotopic (exact) mass is 292 g/mol. The molecule has 0 atom stereocenters. The van der Waals surface area contributed by atoms with Gasteiger partial charge in [0.25, 0.3) is 5.91 Å². The maximum Gasteiger partial charge on any atom is 0.257 e. The van der Waals surface area contributed by atoms with Crippen LogP contribution in [0.3, 0.4) is 0 Å². The van der Waals surface area contributed by atoms with Crippen molar-refractivity contribution in [2.24, 2.45) is 0 Å². The van der Waals surface area contributed by atoms with Crippen molar-refractivity contribution in [3.63, 3.8) is 0 Å². The first-order chi connectivity index (χ1) is 10.8. The number of carbonyl (C=O) groups excluding carboxylic acids is 1. The lowest BCUT2D eigenvalue weighted by atomic mass is 10.2. The third kappa shape index (κ3) is 2.91. The molecule has 1 aromatic carbocycles. The SMILES string of the molecule is N#Cc1ccccc1NC(=O)c1cncc(N2CCCC2)c1. The highest BCUT2D eigenvalue weighted by atomic mass is 16.1. The van der Waals surface area contributed by atoms with Crippen LogP contribution in [0.25, 0.3) is 0 Å². The number of nitrogens with one attached hydrogen (secondary N) is 1. The Labute approximate surface area is 129 Å². The zero-order valence-corrected chi connectivity index (χ0v) is 12.1. The second-order valence-corrected chi connectivity index (χ2v) is 5.24. The van der Waals surface area contributed by atoms with Gasteiger partial charge in [-0.05, 0) is 31.0 Å². The summed E-state index contributed by atoms with van der Waals surface area (Å²) in [7, 11) is 0. The highest BCUT2D eigenvalue weighted by molar-refractivity contribution is 6.05. The van der Waals surface area contributed by atoms with Crippen molar-refractivity contribution in [2.45, 2.75) is 12.8 Å². The van der Waals surface area contributed by atoms with Gasteiger partial charge in [-0.25, -0.2) is 0 Å². The molecule has 1 saturated heterocycles. The van der Waals surface area contributed by atoms with Gasteiger partial charge < -0.3 is 10.2 Å². The molecule has 1 aliphatic rings. The quantitative estimate of drug-likeness (QED) is 0.944. The zero-order valence-electron chi connectivity index (χ0n) is 12.1. The first-order valence-corrected chi connectivity index (χ1v) is 7.28. The van der Waals surface area contributed by atoms with E-state index in [1.165, 1.54) is 12.8 Å². The number of carbonyl (C=O) groups is 1. The van der Waals surface area contributed by atoms with Crippen LogP contribution < -0.4 is 10.2 Å². The molecule has 0 unspecified atom stereocenters. The van der Waals surface area contributed by atoms with E-state index in [0.717, 1.165) is 18.8 Å². The number of nitriles is 1. The summed E-state index contributed by atoms with van der Waals surface area (Å²) < 4.78 is 0. The van der Waals surface area contributed by atoms with Crippen LogP contribution in [0.2, 0.25) is 0 Å². The lowest BCUT2D eigenvalue weighted by Gasteiger charge is -2.17. The molecule has 0 aliphatic carbocycles. The molecule has 0 spiro atoms. The molecule has 1 fully saturated rings. The molecule has 1 aromatic heterocycles. The average molecular weight is 292 g/mol. The Kier molecular flexibility index (Phi) is 4.01. The van der Waals surface area contributed by atoms with Crippen LogP contribution in [0.4, 0.5) is 11.4 Å². The fourth-order valence-electron chi connectivity index (χ4n) is 2.58. The Hall–Kier alpha value is -2.87. The van der Waals surface area contributed by atoms with Gasteiger partial charge in [0.15, 0.2) is 0 Å². The maximum atomic E-state index is 12.4. The molecule has 2 heterocycles. The molecule has 1 amide bonds. The maximum absolute atomic E-state index is 12.4. The fraction of sp³-hybridized carbons (Fsp3) is 0.235. The van der Waals surface area contributed by atoms with Crippen LogP contribution in [0.5, 0.6) is 0 Å². The number of hydrogen-bond acceptors (Lipinski definition) is 4. The predicted molar refractivity (Wildman–Crippen MR) is 84.8 cm³/mol. The molecule has 0 radical (unpaired) electrons. The number of pyridine rings is 1. The normalized spacial score (nSPS) is 13.7. The summed E-state index contributed by atoms with van der Waals surface area (Å²) in [4.78, 5) is 18.8. The van der Waals surface area contributed by atoms with E-state index in [1.54, 1.807) is 36.7 Å². The summed E-state index contributed by atoms with van der Waals surface area (Å²) in [6.07, 6.45) is 5.67. The van der Waals surface area contributed by atoms with Gasteiger partial charge in [-0.3, -0.25) is 9.78 Å². The first kappa shape index (κ1) is 14.1. The van der Waals surface area contributed by atoms with Gasteiger partial charge in [0.05, 0.1) is 28.7 Å². The summed E-state index contributed by atoms with van der Waals surface area (Å²) in [6, 6.07) is 10.9. The number of para-hydroxylation sites is 1. The predicted octanol–water partition coefficient (Wildman–Crippen LogP) is 2.81. The summed E-state index contributed by atoms with van der Waals surface area (Å²) >= 11 is 0. The summed E-state index contributed by atoms with van der Waals surface area (Å²) in [5.41, 5.74) is 2.43. The van der Waals surface area contributed by atoms with Crippen LogP contribution in [-0.2, 0) is 0 Å². The Bertz CT molecular complexity index is 729. The number of nitrogens with zero attached hydrogens (tertiary/aromatic N) is 3. The van der Waals surface area contributed by atoms with Gasteiger partial charge in [-0.15, -0.1) is 0 Å². The third-order valence-electron chi connectivity index (χ3n) is 3.75. The lowest BCUT2D eigenvalue weighted by Crippen LogP contribution is -2.19. The minimum atomic E-state index is -0.253. The van der Waals surface area contributed by atoms with Gasteiger partial charge in [-0.1, -0.05) is 12.1 Å². The minimum Gasteiger partial charge on any atom is -0.370 e. The second kappa shape index (κ2) is 6.27. The van der Waals surface area contributed by atoms with E-state index in [1.807, 2.05) is 6.07 Å². The molecular formula is C17H16N4O. The summed E-state index contributed by atoms with van der Waals surface area (Å²) in [5.74, 6) is -0.253. The van der Waals surface area contributed by atoms with Gasteiger partial charge in [0.1, 0.15) is 6.07 Å². The number of anilines is 2. The fourth-order valence-corrected chi connectivity index (χ4v) is 2.58. The number of aromatic nitrogens is 1. The van der Waals surface area contributed by atoms with Crippen molar-refractivity contribution >= 4 is 17.3 Å². The first-order valence-electron chi connectivity index (χ1n) is 7.28. The van der Waals surface area contributed by atoms with Crippen LogP contribution in [0, 0.1) is 11.3 Å². The van der Waals surface area contributed by atoms with E-state index in [9.17, 15) is 4.79 Å². The van der Waals surface area contributed by atoms with Crippen molar-refractivity contribution in [3.05, 3.63) is 53.9 Å². The Balaban J connectivity index is 1.80. The van der Waals surface area contributed by atoms with Crippen LogP contribution in [-0.4, -0.2) is 24.0 Å². The minimum absolute atomic E-state index is 0.253. The molecule has 5 heteroatoms. The van der Waals surface area contributed by atoms with Gasteiger partial charge in [-0.2, -0.15) is 5.26 Å². The molecule has 0 bridgehead atoms. The number of hydrogen-bond donors (Lipinski definition) is 1. The van der Waals surface area contributed by atoms with E-state index in [0.29, 0.717) is 16.8 Å². The third-order valence-corrected chi connectivity index (χ3v) is 3.75. The van der Waals surface area contributed by atoms with E-state index < -0.39 is 0 Å². The van der Waals surface area contributed by atoms with Crippen molar-refractivity contribution in [3.8, 4) is 6.07 Å². The zero-order chi connectivity index (χ0) is 15.4. The second-order valence-electron chi connectivity index (χ2n) is 5.24. The highest BCUT2D eigenvalue weighted by Crippen LogP contribution is 2.21. The molecule has 1 aliphatic heterocycles.